The lowest BCUT2D eigenvalue weighted by molar-refractivity contribution is 0.321. The van der Waals surface area contributed by atoms with E-state index in [9.17, 15) is 0 Å². The molecule has 0 radical (unpaired) electrons. The van der Waals surface area contributed by atoms with Gasteiger partial charge in [0.2, 0.25) is 0 Å². The molecule has 0 N–H and O–H groups in total. The third-order valence-corrected chi connectivity index (χ3v) is 5.28. The molecule has 1 nitrogen and oxygen atoms in total. The van der Waals surface area contributed by atoms with Gasteiger partial charge in [-0.05, 0) is 64.1 Å². The Morgan fingerprint density at radius 1 is 0.654 bits per heavy atom. The molecule has 0 heterocycles. The van der Waals surface area contributed by atoms with Crippen molar-refractivity contribution in [1.82, 2.24) is 4.90 Å². The summed E-state index contributed by atoms with van der Waals surface area (Å²) >= 11 is 0. The summed E-state index contributed by atoms with van der Waals surface area (Å²) in [7, 11) is 2.19. The Morgan fingerprint density at radius 3 is 1.85 bits per heavy atom. The molecule has 0 aromatic heterocycles. The first-order chi connectivity index (χ1) is 12.7. The van der Waals surface area contributed by atoms with Gasteiger partial charge in [-0.3, -0.25) is 0 Å². The second-order valence-electron chi connectivity index (χ2n) is 6.78. The monoisotopic (exact) mass is 341 g/mol. The first-order valence-corrected chi connectivity index (χ1v) is 9.71. The normalized spacial score (nSPS) is 11.1. The lowest BCUT2D eigenvalue weighted by Gasteiger charge is -2.13. The molecular weight excluding hydrogens is 313 g/mol. The molecule has 132 valence electrons. The zero-order valence-corrected chi connectivity index (χ0v) is 16.4. The summed E-state index contributed by atoms with van der Waals surface area (Å²) in [6.45, 7) is 10.1. The maximum atomic E-state index is 2.38. The third-order valence-electron chi connectivity index (χ3n) is 5.28. The zero-order valence-electron chi connectivity index (χ0n) is 16.4. The van der Waals surface area contributed by atoms with Gasteiger partial charge in [0.25, 0.3) is 0 Å². The largest absolute Gasteiger partial charge is 0.304 e. The fourth-order valence-electron chi connectivity index (χ4n) is 3.66. The maximum absolute atomic E-state index is 2.38. The average Bonchev–Trinajstić information content (AvgIpc) is 2.68. The van der Waals surface area contributed by atoms with Crippen LogP contribution in [-0.2, 0) is 0 Å². The molecular formula is C24H28BN. The van der Waals surface area contributed by atoms with Crippen LogP contribution < -0.4 is 5.46 Å². The predicted octanol–water partition coefficient (Wildman–Crippen LogP) is 4.75. The fourth-order valence-corrected chi connectivity index (χ4v) is 3.66. The van der Waals surface area contributed by atoms with Crippen molar-refractivity contribution in [3.05, 3.63) is 66.7 Å². The molecule has 0 saturated carbocycles. The summed E-state index contributed by atoms with van der Waals surface area (Å²) in [5.41, 5.74) is 1.35. The Balaban J connectivity index is 0.000000242. The van der Waals surface area contributed by atoms with Crippen LogP contribution in [0.5, 0.6) is 0 Å². The highest BCUT2D eigenvalue weighted by Crippen LogP contribution is 2.28. The van der Waals surface area contributed by atoms with E-state index >= 15 is 0 Å². The number of benzene rings is 4. The minimum absolute atomic E-state index is 1.19. The second-order valence-corrected chi connectivity index (χ2v) is 6.78. The molecule has 4 rings (SSSR count). The number of rotatable bonds is 3. The maximum Gasteiger partial charge on any atom is 0.140 e. The van der Waals surface area contributed by atoms with Crippen LogP contribution in [-0.4, -0.2) is 32.4 Å². The number of nitrogens with zero attached hydrogens (tertiary/aromatic N) is 1. The number of hydrogen-bond acceptors (Lipinski definition) is 1. The first-order valence-electron chi connectivity index (χ1n) is 9.71. The SMILES string of the molecule is Bc1cccc2ccc3cc4ccccc4cc3c12.CCN(CC)CC. The number of hydrogen-bond donors (Lipinski definition) is 0. The molecule has 0 aliphatic heterocycles. The predicted molar refractivity (Wildman–Crippen MR) is 121 cm³/mol. The van der Waals surface area contributed by atoms with E-state index in [1.54, 1.807) is 0 Å². The van der Waals surface area contributed by atoms with Crippen LogP contribution in [0.1, 0.15) is 20.8 Å². The molecule has 0 amide bonds. The van der Waals surface area contributed by atoms with Crippen molar-refractivity contribution in [3.63, 3.8) is 0 Å². The minimum atomic E-state index is 1.19. The molecule has 0 bridgehead atoms. The highest BCUT2D eigenvalue weighted by Gasteiger charge is 2.04. The topological polar surface area (TPSA) is 3.24 Å². The van der Waals surface area contributed by atoms with E-state index in [0.717, 1.165) is 0 Å². The molecule has 0 fully saturated rings. The Labute approximate surface area is 158 Å². The van der Waals surface area contributed by atoms with Crippen molar-refractivity contribution < 1.29 is 0 Å². The van der Waals surface area contributed by atoms with Crippen LogP contribution in [0.15, 0.2) is 66.7 Å². The van der Waals surface area contributed by atoms with Gasteiger partial charge < -0.3 is 4.90 Å². The quantitative estimate of drug-likeness (QED) is 0.295. The summed E-state index contributed by atoms with van der Waals surface area (Å²) in [4.78, 5) is 2.38. The van der Waals surface area contributed by atoms with E-state index in [-0.39, 0.29) is 0 Å². The van der Waals surface area contributed by atoms with Gasteiger partial charge in [0.15, 0.2) is 0 Å². The van der Waals surface area contributed by atoms with Crippen molar-refractivity contribution in [2.75, 3.05) is 19.6 Å². The summed E-state index contributed by atoms with van der Waals surface area (Å²) in [6, 6.07) is 24.1. The van der Waals surface area contributed by atoms with Gasteiger partial charge in [0.05, 0.1) is 0 Å². The standard InChI is InChI=1S/C18H13B.C6H15N/c19-17-7-3-6-12-8-9-15-10-13-4-1-2-5-14(13)11-16(15)18(12)17;1-4-7(5-2)6-3/h1-11H,19H2;4-6H2,1-3H3. The molecule has 0 unspecified atom stereocenters. The fraction of sp³-hybridized carbons (Fsp3) is 0.250. The van der Waals surface area contributed by atoms with Gasteiger partial charge in [-0.1, -0.05) is 80.8 Å². The van der Waals surface area contributed by atoms with Crippen LogP contribution in [0.2, 0.25) is 0 Å². The molecule has 0 atom stereocenters. The Morgan fingerprint density at radius 2 is 1.23 bits per heavy atom. The Kier molecular flexibility index (Phi) is 5.95. The van der Waals surface area contributed by atoms with E-state index in [1.165, 1.54) is 57.4 Å². The van der Waals surface area contributed by atoms with Gasteiger partial charge in [0, 0.05) is 0 Å². The Bertz CT molecular complexity index is 1010. The molecule has 0 aliphatic rings. The van der Waals surface area contributed by atoms with Crippen molar-refractivity contribution in [2.24, 2.45) is 0 Å². The molecule has 4 aromatic carbocycles. The second kappa shape index (κ2) is 8.38. The van der Waals surface area contributed by atoms with Gasteiger partial charge in [0.1, 0.15) is 7.85 Å². The first kappa shape index (κ1) is 18.5. The molecule has 26 heavy (non-hydrogen) atoms. The highest BCUT2D eigenvalue weighted by atomic mass is 15.1. The van der Waals surface area contributed by atoms with Gasteiger partial charge in [-0.2, -0.15) is 0 Å². The minimum Gasteiger partial charge on any atom is -0.304 e. The number of fused-ring (bicyclic) bond motifs is 4. The summed E-state index contributed by atoms with van der Waals surface area (Å²) in [5, 5.41) is 8.00. The molecule has 0 aliphatic carbocycles. The van der Waals surface area contributed by atoms with Crippen LogP contribution in [0, 0.1) is 0 Å². The van der Waals surface area contributed by atoms with E-state index in [1.807, 2.05) is 0 Å². The third kappa shape index (κ3) is 3.76. The van der Waals surface area contributed by atoms with E-state index in [4.69, 9.17) is 0 Å². The molecule has 4 aromatic rings. The zero-order chi connectivity index (χ0) is 18.5. The summed E-state index contributed by atoms with van der Waals surface area (Å²) in [6.07, 6.45) is 0. The lowest BCUT2D eigenvalue weighted by Crippen LogP contribution is -2.21. The van der Waals surface area contributed by atoms with Gasteiger partial charge in [-0.15, -0.1) is 0 Å². The van der Waals surface area contributed by atoms with Crippen molar-refractivity contribution >= 4 is 45.6 Å². The summed E-state index contributed by atoms with van der Waals surface area (Å²) < 4.78 is 0. The van der Waals surface area contributed by atoms with Crippen LogP contribution >= 0.6 is 0 Å². The van der Waals surface area contributed by atoms with Crippen LogP contribution in [0.3, 0.4) is 0 Å². The lowest BCUT2D eigenvalue weighted by atomic mass is 9.87. The highest BCUT2D eigenvalue weighted by molar-refractivity contribution is 6.41. The van der Waals surface area contributed by atoms with Crippen LogP contribution in [0.4, 0.5) is 0 Å². The van der Waals surface area contributed by atoms with Gasteiger partial charge in [-0.25, -0.2) is 0 Å². The van der Waals surface area contributed by atoms with Crippen molar-refractivity contribution in [3.8, 4) is 0 Å². The summed E-state index contributed by atoms with van der Waals surface area (Å²) in [5.74, 6) is 0. The van der Waals surface area contributed by atoms with E-state index in [0.29, 0.717) is 0 Å². The van der Waals surface area contributed by atoms with Crippen molar-refractivity contribution in [1.29, 1.82) is 0 Å². The van der Waals surface area contributed by atoms with E-state index in [2.05, 4.69) is 100 Å². The van der Waals surface area contributed by atoms with Crippen LogP contribution in [0.25, 0.3) is 32.3 Å². The van der Waals surface area contributed by atoms with E-state index < -0.39 is 0 Å². The molecule has 2 heteroatoms. The Hall–Kier alpha value is -2.32. The average molecular weight is 341 g/mol. The van der Waals surface area contributed by atoms with Crippen molar-refractivity contribution in [2.45, 2.75) is 20.8 Å². The molecule has 0 spiro atoms. The molecule has 0 saturated heterocycles. The van der Waals surface area contributed by atoms with Gasteiger partial charge >= 0.3 is 0 Å². The smallest absolute Gasteiger partial charge is 0.140 e.